The summed E-state index contributed by atoms with van der Waals surface area (Å²) in [7, 11) is 0. The van der Waals surface area contributed by atoms with Crippen LogP contribution in [0.25, 0.3) is 0 Å². The highest BCUT2D eigenvalue weighted by atomic mass is 79.9. The third kappa shape index (κ3) is 5.06. The summed E-state index contributed by atoms with van der Waals surface area (Å²) in [4.78, 5) is 33.2. The molecule has 0 bridgehead atoms. The molecule has 0 aliphatic carbocycles. The van der Waals surface area contributed by atoms with Crippen LogP contribution in [0.5, 0.6) is 0 Å². The maximum Gasteiger partial charge on any atom is 0.326 e. The van der Waals surface area contributed by atoms with Crippen LogP contribution in [0.2, 0.25) is 5.02 Å². The van der Waals surface area contributed by atoms with E-state index in [1.807, 2.05) is 0 Å². The first-order chi connectivity index (χ1) is 9.29. The van der Waals surface area contributed by atoms with Crippen LogP contribution in [-0.4, -0.2) is 29.1 Å². The van der Waals surface area contributed by atoms with Crippen molar-refractivity contribution in [1.29, 1.82) is 0 Å². The van der Waals surface area contributed by atoms with Gasteiger partial charge in [0.1, 0.15) is 6.04 Å². The van der Waals surface area contributed by atoms with Gasteiger partial charge in [-0.05, 0) is 34.1 Å². The van der Waals surface area contributed by atoms with Crippen LogP contribution in [0, 0.1) is 0 Å². The first kappa shape index (κ1) is 16.3. The second-order valence-electron chi connectivity index (χ2n) is 3.78. The Hall–Kier alpha value is -1.80. The van der Waals surface area contributed by atoms with Gasteiger partial charge in [0.2, 0.25) is 5.91 Å². The van der Waals surface area contributed by atoms with Gasteiger partial charge in [0.05, 0.1) is 12.1 Å². The molecule has 7 nitrogen and oxygen atoms in total. The van der Waals surface area contributed by atoms with E-state index in [0.29, 0.717) is 15.2 Å². The van der Waals surface area contributed by atoms with E-state index in [2.05, 4.69) is 26.6 Å². The van der Waals surface area contributed by atoms with Gasteiger partial charge in [-0.3, -0.25) is 4.79 Å². The monoisotopic (exact) mass is 363 g/mol. The number of carboxylic acid groups (broad SMARTS) is 1. The van der Waals surface area contributed by atoms with E-state index < -0.39 is 30.4 Å². The van der Waals surface area contributed by atoms with Crippen LogP contribution in [0.4, 0.5) is 10.5 Å². The van der Waals surface area contributed by atoms with Crippen molar-refractivity contribution in [1.82, 2.24) is 5.32 Å². The lowest BCUT2D eigenvalue weighted by Crippen LogP contribution is -2.45. The Morgan fingerprint density at radius 3 is 2.60 bits per heavy atom. The zero-order valence-corrected chi connectivity index (χ0v) is 12.4. The fourth-order valence-electron chi connectivity index (χ4n) is 1.31. The molecular formula is C11H11BrClN3O4. The Labute approximate surface area is 127 Å². The third-order valence-electron chi connectivity index (χ3n) is 2.19. The van der Waals surface area contributed by atoms with Gasteiger partial charge in [0.25, 0.3) is 0 Å². The van der Waals surface area contributed by atoms with E-state index in [0.717, 1.165) is 0 Å². The number of urea groups is 1. The zero-order valence-electron chi connectivity index (χ0n) is 10.0. The molecule has 3 amide bonds. The lowest BCUT2D eigenvalue weighted by atomic mass is 10.2. The molecule has 0 aliphatic heterocycles. The fourth-order valence-corrected chi connectivity index (χ4v) is 1.83. The molecule has 0 aromatic heterocycles. The van der Waals surface area contributed by atoms with E-state index >= 15 is 0 Å². The van der Waals surface area contributed by atoms with Crippen LogP contribution in [0.1, 0.15) is 6.42 Å². The summed E-state index contributed by atoms with van der Waals surface area (Å²) >= 11 is 8.98. The first-order valence-electron chi connectivity index (χ1n) is 5.33. The van der Waals surface area contributed by atoms with Crippen LogP contribution >= 0.6 is 27.5 Å². The number of nitrogens with two attached hydrogens (primary N) is 1. The summed E-state index contributed by atoms with van der Waals surface area (Å²) in [5, 5.41) is 13.8. The summed E-state index contributed by atoms with van der Waals surface area (Å²) < 4.78 is 0.568. The SMILES string of the molecule is NC(=O)CC(NC(=O)Nc1cc(Cl)ccc1Br)C(=O)O. The molecule has 0 spiro atoms. The zero-order chi connectivity index (χ0) is 15.3. The number of amides is 3. The average molecular weight is 365 g/mol. The number of benzene rings is 1. The van der Waals surface area contributed by atoms with Gasteiger partial charge in [-0.15, -0.1) is 0 Å². The smallest absolute Gasteiger partial charge is 0.326 e. The molecule has 5 N–H and O–H groups in total. The summed E-state index contributed by atoms with van der Waals surface area (Å²) in [6.07, 6.45) is -0.501. The standard InChI is InChI=1S/C11H11BrClN3O4/c12-6-2-1-5(13)3-7(6)15-11(20)16-8(10(18)19)4-9(14)17/h1-3,8H,4H2,(H2,14,17)(H,18,19)(H2,15,16,20). The van der Waals surface area contributed by atoms with Gasteiger partial charge in [0, 0.05) is 9.50 Å². The molecule has 0 radical (unpaired) electrons. The Morgan fingerprint density at radius 1 is 1.40 bits per heavy atom. The van der Waals surface area contributed by atoms with Gasteiger partial charge < -0.3 is 21.5 Å². The molecule has 1 rings (SSSR count). The second-order valence-corrected chi connectivity index (χ2v) is 5.07. The summed E-state index contributed by atoms with van der Waals surface area (Å²) in [5.41, 5.74) is 5.26. The largest absolute Gasteiger partial charge is 0.480 e. The van der Waals surface area contributed by atoms with Crippen LogP contribution in [0.15, 0.2) is 22.7 Å². The molecule has 0 aliphatic rings. The highest BCUT2D eigenvalue weighted by Gasteiger charge is 2.22. The molecule has 1 aromatic carbocycles. The molecular weight excluding hydrogens is 353 g/mol. The van der Waals surface area contributed by atoms with Crippen LogP contribution < -0.4 is 16.4 Å². The maximum atomic E-state index is 11.7. The Morgan fingerprint density at radius 2 is 2.05 bits per heavy atom. The van der Waals surface area contributed by atoms with Crippen LogP contribution in [-0.2, 0) is 9.59 Å². The normalized spacial score (nSPS) is 11.5. The summed E-state index contributed by atoms with van der Waals surface area (Å²) in [6.45, 7) is 0. The average Bonchev–Trinajstić information content (AvgIpc) is 2.32. The Balaban J connectivity index is 2.72. The minimum atomic E-state index is -1.40. The molecule has 1 unspecified atom stereocenters. The number of halogens is 2. The van der Waals surface area contributed by atoms with Gasteiger partial charge >= 0.3 is 12.0 Å². The minimum absolute atomic E-state index is 0.359. The minimum Gasteiger partial charge on any atom is -0.480 e. The number of hydrogen-bond acceptors (Lipinski definition) is 3. The van der Waals surface area contributed by atoms with E-state index in [1.165, 1.54) is 6.07 Å². The molecule has 0 fully saturated rings. The van der Waals surface area contributed by atoms with Crippen LogP contribution in [0.3, 0.4) is 0 Å². The molecule has 1 atom stereocenters. The van der Waals surface area contributed by atoms with Crippen molar-refractivity contribution in [3.63, 3.8) is 0 Å². The predicted octanol–water partition coefficient (Wildman–Crippen LogP) is 1.55. The highest BCUT2D eigenvalue weighted by molar-refractivity contribution is 9.10. The molecule has 0 heterocycles. The van der Waals surface area contributed by atoms with E-state index in [-0.39, 0.29) is 0 Å². The summed E-state index contributed by atoms with van der Waals surface area (Å²) in [5.74, 6) is -2.19. The number of aliphatic carboxylic acids is 1. The molecule has 20 heavy (non-hydrogen) atoms. The van der Waals surface area contributed by atoms with Crippen molar-refractivity contribution in [3.8, 4) is 0 Å². The third-order valence-corrected chi connectivity index (χ3v) is 3.11. The molecule has 9 heteroatoms. The maximum absolute atomic E-state index is 11.7. The summed E-state index contributed by atoms with van der Waals surface area (Å²) in [6, 6.07) is 2.53. The second kappa shape index (κ2) is 7.11. The Kier molecular flexibility index (Phi) is 5.78. The topological polar surface area (TPSA) is 122 Å². The quantitative estimate of drug-likeness (QED) is 0.633. The highest BCUT2D eigenvalue weighted by Crippen LogP contribution is 2.25. The lowest BCUT2D eigenvalue weighted by molar-refractivity contribution is -0.140. The van der Waals surface area contributed by atoms with E-state index in [4.69, 9.17) is 22.4 Å². The number of anilines is 1. The molecule has 0 saturated heterocycles. The van der Waals surface area contributed by atoms with Gasteiger partial charge in [-0.2, -0.15) is 0 Å². The van der Waals surface area contributed by atoms with Crippen molar-refractivity contribution < 1.29 is 19.5 Å². The predicted molar refractivity (Wildman–Crippen MR) is 76.5 cm³/mol. The number of nitrogens with one attached hydrogen (secondary N) is 2. The van der Waals surface area contributed by atoms with E-state index in [1.54, 1.807) is 12.1 Å². The number of carboxylic acids is 1. The lowest BCUT2D eigenvalue weighted by Gasteiger charge is -2.14. The van der Waals surface area contributed by atoms with Gasteiger partial charge in [-0.1, -0.05) is 11.6 Å². The van der Waals surface area contributed by atoms with E-state index in [9.17, 15) is 14.4 Å². The van der Waals surface area contributed by atoms with Crippen molar-refractivity contribution in [2.24, 2.45) is 5.73 Å². The molecule has 0 saturated carbocycles. The van der Waals surface area contributed by atoms with Gasteiger partial charge in [0.15, 0.2) is 0 Å². The van der Waals surface area contributed by atoms with Crippen molar-refractivity contribution >= 4 is 51.1 Å². The van der Waals surface area contributed by atoms with Crippen molar-refractivity contribution in [3.05, 3.63) is 27.7 Å². The number of carbonyl (C=O) groups excluding carboxylic acids is 2. The number of hydrogen-bond donors (Lipinski definition) is 4. The molecule has 108 valence electrons. The van der Waals surface area contributed by atoms with Crippen molar-refractivity contribution in [2.45, 2.75) is 12.5 Å². The number of carbonyl (C=O) groups is 3. The number of primary amides is 1. The molecule has 1 aromatic rings. The van der Waals surface area contributed by atoms with Gasteiger partial charge in [-0.25, -0.2) is 9.59 Å². The fraction of sp³-hybridized carbons (Fsp3) is 0.182. The van der Waals surface area contributed by atoms with Crippen molar-refractivity contribution in [2.75, 3.05) is 5.32 Å². The first-order valence-corrected chi connectivity index (χ1v) is 6.50. The number of rotatable bonds is 5. The Bertz CT molecular complexity index is 552.